The number of carbonyl (C=O) groups excluding carboxylic acids is 1. The Morgan fingerprint density at radius 2 is 1.48 bits per heavy atom. The average Bonchev–Trinajstić information content (AvgIpc) is 3.42. The number of hydrogen-bond donors (Lipinski definition) is 1. The molecular formula is C18H28N6O. The third-order valence-corrected chi connectivity index (χ3v) is 5.40. The number of nitrogens with zero attached hydrogens (tertiary/aromatic N) is 5. The highest BCUT2D eigenvalue weighted by Gasteiger charge is 2.21. The van der Waals surface area contributed by atoms with E-state index in [4.69, 9.17) is 9.97 Å². The Morgan fingerprint density at radius 3 is 2.16 bits per heavy atom. The molecule has 1 N–H and O–H groups in total. The summed E-state index contributed by atoms with van der Waals surface area (Å²) in [4.78, 5) is 28.3. The Kier molecular flexibility index (Phi) is 4.90. The van der Waals surface area contributed by atoms with Crippen LogP contribution >= 0.6 is 0 Å². The molecule has 25 heavy (non-hydrogen) atoms. The summed E-state index contributed by atoms with van der Waals surface area (Å²) in [5.41, 5.74) is 0. The predicted octanol–water partition coefficient (Wildman–Crippen LogP) is 1.71. The molecule has 0 unspecified atom stereocenters. The topological polar surface area (TPSA) is 64.6 Å². The molecular weight excluding hydrogens is 321 g/mol. The number of carbonyl (C=O) groups is 1. The monoisotopic (exact) mass is 349 g/mol. The smallest absolute Gasteiger partial charge is 0.241 e. The highest BCUT2D eigenvalue weighted by Crippen LogP contribution is 2.25. The Labute approximate surface area is 149 Å². The maximum Gasteiger partial charge on any atom is 0.241 e. The van der Waals surface area contributed by atoms with E-state index in [1.165, 1.54) is 25.7 Å². The van der Waals surface area contributed by atoms with E-state index in [-0.39, 0.29) is 5.91 Å². The Hall–Kier alpha value is -2.05. The standard InChI is InChI=1S/C18H28N6O/c25-17(23-9-3-4-10-23)14-19-15-13-16(22-7-1-2-8-22)21-18(20-15)24-11-5-6-12-24/h13H,1-12,14H2,(H,19,20,21)/i15+1,16+1,18+1,20+1,21+1. The van der Waals surface area contributed by atoms with E-state index in [0.29, 0.717) is 6.54 Å². The van der Waals surface area contributed by atoms with E-state index < -0.39 is 0 Å². The number of hydrogen-bond acceptors (Lipinski definition) is 6. The summed E-state index contributed by atoms with van der Waals surface area (Å²) in [6, 6.07) is 2.00. The van der Waals surface area contributed by atoms with Crippen LogP contribution in [0.5, 0.6) is 0 Å². The molecule has 3 aliphatic rings. The zero-order valence-corrected chi connectivity index (χ0v) is 14.9. The van der Waals surface area contributed by atoms with Crippen LogP contribution in [-0.2, 0) is 4.79 Å². The number of nitrogens with one attached hydrogen (secondary N) is 1. The van der Waals surface area contributed by atoms with Crippen LogP contribution in [0.25, 0.3) is 0 Å². The van der Waals surface area contributed by atoms with Crippen LogP contribution < -0.4 is 15.1 Å². The van der Waals surface area contributed by atoms with E-state index in [9.17, 15) is 4.79 Å². The Morgan fingerprint density at radius 1 is 0.880 bits per heavy atom. The van der Waals surface area contributed by atoms with Gasteiger partial charge in [0.25, 0.3) is 0 Å². The van der Waals surface area contributed by atoms with E-state index >= 15 is 0 Å². The van der Waals surface area contributed by atoms with E-state index in [0.717, 1.165) is 69.7 Å². The minimum Gasteiger partial charge on any atom is -0.361 e. The first-order chi connectivity index (χ1) is 12.3. The average molecular weight is 349 g/mol. The summed E-state index contributed by atoms with van der Waals surface area (Å²) in [6.07, 6.45) is 7.09. The molecule has 1 amide bonds. The van der Waals surface area contributed by atoms with Crippen LogP contribution in [0.1, 0.15) is 38.5 Å². The first kappa shape index (κ1) is 16.4. The van der Waals surface area contributed by atoms with Gasteiger partial charge in [-0.2, -0.15) is 9.97 Å². The molecule has 3 aliphatic heterocycles. The van der Waals surface area contributed by atoms with Gasteiger partial charge in [0.05, 0.1) is 6.54 Å². The predicted molar refractivity (Wildman–Crippen MR) is 99.2 cm³/mol. The van der Waals surface area contributed by atoms with E-state index in [1.54, 1.807) is 0 Å². The lowest BCUT2D eigenvalue weighted by Crippen LogP contribution is -2.33. The minimum absolute atomic E-state index is 0.168. The third kappa shape index (κ3) is 3.80. The maximum absolute atomic E-state index is 12.3. The first-order valence-corrected chi connectivity index (χ1v) is 9.70. The van der Waals surface area contributed by atoms with Gasteiger partial charge in [0.2, 0.25) is 11.9 Å². The van der Waals surface area contributed by atoms with Crippen LogP contribution in [0.15, 0.2) is 6.07 Å². The van der Waals surface area contributed by atoms with Gasteiger partial charge in [-0.05, 0) is 38.5 Å². The molecule has 7 nitrogen and oxygen atoms in total. The number of amides is 1. The number of likely N-dealkylation sites (tertiary alicyclic amines) is 1. The van der Waals surface area contributed by atoms with Crippen molar-refractivity contribution in [1.82, 2.24) is 14.9 Å². The molecule has 0 radical (unpaired) electrons. The fourth-order valence-corrected chi connectivity index (χ4v) is 3.92. The van der Waals surface area contributed by atoms with Gasteiger partial charge in [0, 0.05) is 45.3 Å². The van der Waals surface area contributed by atoms with Crippen LogP contribution in [0.4, 0.5) is 17.6 Å². The summed E-state index contributed by atoms with van der Waals surface area (Å²) < 4.78 is 0. The van der Waals surface area contributed by atoms with Crippen molar-refractivity contribution in [3.05, 3.63) is 6.07 Å². The quantitative estimate of drug-likeness (QED) is 0.873. The maximum atomic E-state index is 12.3. The number of rotatable bonds is 5. The van der Waals surface area contributed by atoms with Gasteiger partial charge in [-0.3, -0.25) is 4.79 Å². The highest BCUT2D eigenvalue weighted by molar-refractivity contribution is 5.81. The van der Waals surface area contributed by atoms with Crippen molar-refractivity contribution in [2.75, 3.05) is 60.9 Å². The molecule has 1 aromatic rings. The van der Waals surface area contributed by atoms with Crippen molar-refractivity contribution < 1.29 is 4.79 Å². The molecule has 0 saturated carbocycles. The van der Waals surface area contributed by atoms with Crippen molar-refractivity contribution in [2.24, 2.45) is 0 Å². The zero-order chi connectivity index (χ0) is 17.1. The molecule has 7 heteroatoms. The fourth-order valence-electron chi connectivity index (χ4n) is 3.92. The summed E-state index contributed by atoms with van der Waals surface area (Å²) >= 11 is 0. The summed E-state index contributed by atoms with van der Waals surface area (Å²) in [7, 11) is 0. The van der Waals surface area contributed by atoms with Crippen molar-refractivity contribution >= 4 is 23.5 Å². The van der Waals surface area contributed by atoms with Crippen LogP contribution in [-0.4, -0.2) is 66.6 Å². The molecule has 4 heterocycles. The van der Waals surface area contributed by atoms with Crippen LogP contribution in [0.2, 0.25) is 0 Å². The molecule has 0 atom stereocenters. The van der Waals surface area contributed by atoms with Crippen molar-refractivity contribution in [1.29, 1.82) is 0 Å². The third-order valence-electron chi connectivity index (χ3n) is 5.40. The second kappa shape index (κ2) is 7.45. The van der Waals surface area contributed by atoms with Gasteiger partial charge < -0.3 is 20.0 Å². The van der Waals surface area contributed by atoms with Crippen LogP contribution in [0.3, 0.4) is 0 Å². The second-order valence-electron chi connectivity index (χ2n) is 7.24. The van der Waals surface area contributed by atoms with Gasteiger partial charge in [0.15, 0.2) is 0 Å². The Balaban J connectivity index is 1.49. The molecule has 3 fully saturated rings. The molecule has 4 rings (SSSR count). The SMILES string of the molecule is O=C(CN[13c]1c[13c](N2CCCC2)[15n][13c](N2CCCC2)[15n]1)N1CCCC1. The van der Waals surface area contributed by atoms with Crippen LogP contribution in [0, 0.1) is 0 Å². The van der Waals surface area contributed by atoms with Crippen molar-refractivity contribution in [3.63, 3.8) is 0 Å². The number of anilines is 3. The van der Waals surface area contributed by atoms with Gasteiger partial charge in [-0.1, -0.05) is 0 Å². The first-order valence-electron chi connectivity index (χ1n) is 9.70. The summed E-state index contributed by atoms with van der Waals surface area (Å²) in [5, 5.41) is 3.25. The van der Waals surface area contributed by atoms with Gasteiger partial charge in [-0.25, -0.2) is 0 Å². The molecule has 0 aromatic carbocycles. The van der Waals surface area contributed by atoms with Crippen molar-refractivity contribution in [3.8, 4) is 0 Å². The summed E-state index contributed by atoms with van der Waals surface area (Å²) in [5.74, 6) is 2.73. The molecule has 1 aromatic heterocycles. The van der Waals surface area contributed by atoms with Gasteiger partial charge in [-0.15, -0.1) is 0 Å². The molecule has 0 aliphatic carbocycles. The second-order valence-corrected chi connectivity index (χ2v) is 7.24. The molecule has 0 spiro atoms. The van der Waals surface area contributed by atoms with Gasteiger partial charge >= 0.3 is 0 Å². The van der Waals surface area contributed by atoms with Gasteiger partial charge in [0.1, 0.15) is 11.6 Å². The minimum atomic E-state index is 0.168. The lowest BCUT2D eigenvalue weighted by molar-refractivity contribution is -0.128. The fraction of sp³-hybridized carbons (Fsp3) is 0.722. The van der Waals surface area contributed by atoms with E-state index in [2.05, 4.69) is 15.1 Å². The highest BCUT2D eigenvalue weighted by atomic mass is 16.2. The molecule has 0 bridgehead atoms. The molecule has 3 saturated heterocycles. The summed E-state index contributed by atoms with van der Waals surface area (Å²) in [6.45, 7) is 6.26. The lowest BCUT2D eigenvalue weighted by Gasteiger charge is -2.22. The normalized spacial score (nSPS) is 20.6. The largest absolute Gasteiger partial charge is 0.361 e. The number of aromatic nitrogens is 2. The van der Waals surface area contributed by atoms with Crippen molar-refractivity contribution in [2.45, 2.75) is 38.5 Å². The lowest BCUT2D eigenvalue weighted by atomic mass is 10.4. The Bertz CT molecular complexity index is 569. The van der Waals surface area contributed by atoms with E-state index in [1.807, 2.05) is 11.0 Å². The molecule has 136 valence electrons. The zero-order valence-electron chi connectivity index (χ0n) is 14.9.